The Bertz CT molecular complexity index is 584. The number of aliphatic hydroxyl groups is 1. The SMILES string of the molecule is C[C@@H]1C2c3ccccc3C(c3ccccc32)[C@@H]1CO. The monoisotopic (exact) mass is 250 g/mol. The summed E-state index contributed by atoms with van der Waals surface area (Å²) in [6, 6.07) is 17.6. The molecule has 2 atom stereocenters. The molecule has 0 aliphatic heterocycles. The molecule has 1 heteroatoms. The summed E-state index contributed by atoms with van der Waals surface area (Å²) in [7, 11) is 0. The lowest BCUT2D eigenvalue weighted by Crippen LogP contribution is -2.40. The van der Waals surface area contributed by atoms with E-state index in [9.17, 15) is 5.11 Å². The van der Waals surface area contributed by atoms with Crippen molar-refractivity contribution in [1.82, 2.24) is 0 Å². The minimum absolute atomic E-state index is 0.283. The second kappa shape index (κ2) is 3.94. The quantitative estimate of drug-likeness (QED) is 0.821. The fraction of sp³-hybridized carbons (Fsp3) is 0.333. The third-order valence-electron chi connectivity index (χ3n) is 5.17. The number of aliphatic hydroxyl groups excluding tert-OH is 1. The molecule has 19 heavy (non-hydrogen) atoms. The lowest BCUT2D eigenvalue weighted by Gasteiger charge is -2.49. The lowest BCUT2D eigenvalue weighted by molar-refractivity contribution is 0.138. The van der Waals surface area contributed by atoms with Crippen LogP contribution in [0.15, 0.2) is 48.5 Å². The van der Waals surface area contributed by atoms with Crippen LogP contribution >= 0.6 is 0 Å². The molecule has 5 rings (SSSR count). The van der Waals surface area contributed by atoms with Crippen molar-refractivity contribution in [3.63, 3.8) is 0 Å². The van der Waals surface area contributed by atoms with Gasteiger partial charge in [0.25, 0.3) is 0 Å². The molecule has 2 aromatic rings. The molecular weight excluding hydrogens is 232 g/mol. The van der Waals surface area contributed by atoms with Crippen LogP contribution in [0.4, 0.5) is 0 Å². The summed E-state index contributed by atoms with van der Waals surface area (Å²) in [5.41, 5.74) is 5.82. The van der Waals surface area contributed by atoms with Gasteiger partial charge in [-0.2, -0.15) is 0 Å². The van der Waals surface area contributed by atoms with Crippen molar-refractivity contribution in [1.29, 1.82) is 0 Å². The zero-order chi connectivity index (χ0) is 13.0. The van der Waals surface area contributed by atoms with Crippen LogP contribution in [0.25, 0.3) is 0 Å². The molecule has 1 nitrogen and oxygen atoms in total. The topological polar surface area (TPSA) is 20.2 Å². The largest absolute Gasteiger partial charge is 0.396 e. The summed E-state index contributed by atoms with van der Waals surface area (Å²) in [4.78, 5) is 0. The Balaban J connectivity index is 2.03. The maximum absolute atomic E-state index is 9.83. The fourth-order valence-corrected chi connectivity index (χ4v) is 4.34. The van der Waals surface area contributed by atoms with E-state index in [1.165, 1.54) is 22.3 Å². The zero-order valence-corrected chi connectivity index (χ0v) is 11.1. The van der Waals surface area contributed by atoms with Gasteiger partial charge in [0, 0.05) is 18.4 Å². The summed E-state index contributed by atoms with van der Waals surface area (Å²) in [5, 5.41) is 9.83. The van der Waals surface area contributed by atoms with Crippen molar-refractivity contribution in [2.45, 2.75) is 18.8 Å². The Morgan fingerprint density at radius 2 is 1.21 bits per heavy atom. The average Bonchev–Trinajstić information content (AvgIpc) is 2.47. The van der Waals surface area contributed by atoms with Gasteiger partial charge in [-0.15, -0.1) is 0 Å². The minimum Gasteiger partial charge on any atom is -0.396 e. The Labute approximate surface area is 113 Å². The first-order valence-corrected chi connectivity index (χ1v) is 7.11. The van der Waals surface area contributed by atoms with Gasteiger partial charge in [-0.1, -0.05) is 55.5 Å². The van der Waals surface area contributed by atoms with E-state index in [4.69, 9.17) is 0 Å². The van der Waals surface area contributed by atoms with Crippen LogP contribution in [0.5, 0.6) is 0 Å². The predicted molar refractivity (Wildman–Crippen MR) is 76.3 cm³/mol. The van der Waals surface area contributed by atoms with Gasteiger partial charge in [0.2, 0.25) is 0 Å². The highest BCUT2D eigenvalue weighted by molar-refractivity contribution is 5.56. The summed E-state index contributed by atoms with van der Waals surface area (Å²) >= 11 is 0. The highest BCUT2D eigenvalue weighted by Gasteiger charge is 2.47. The standard InChI is InChI=1S/C18H18O/c1-11-16(10-19)18-14-8-4-2-6-12(14)17(11)13-7-3-5-9-15(13)18/h2-9,11,16-19H,10H2,1H3/t11-,16+,17?,18?/m0/s1. The van der Waals surface area contributed by atoms with Crippen molar-refractivity contribution in [2.75, 3.05) is 6.61 Å². The first-order chi connectivity index (χ1) is 9.33. The lowest BCUT2D eigenvalue weighted by atomic mass is 9.55. The molecule has 96 valence electrons. The van der Waals surface area contributed by atoms with Gasteiger partial charge in [-0.25, -0.2) is 0 Å². The minimum atomic E-state index is 0.283. The van der Waals surface area contributed by atoms with E-state index in [0.29, 0.717) is 23.7 Å². The molecule has 0 unspecified atom stereocenters. The molecule has 0 spiro atoms. The Morgan fingerprint density at radius 3 is 1.63 bits per heavy atom. The smallest absolute Gasteiger partial charge is 0.0471 e. The van der Waals surface area contributed by atoms with Gasteiger partial charge < -0.3 is 5.11 Å². The average molecular weight is 250 g/mol. The Kier molecular flexibility index (Phi) is 2.33. The molecule has 1 N–H and O–H groups in total. The summed E-state index contributed by atoms with van der Waals surface area (Å²) < 4.78 is 0. The Morgan fingerprint density at radius 1 is 0.789 bits per heavy atom. The van der Waals surface area contributed by atoms with Crippen LogP contribution in [0, 0.1) is 11.8 Å². The second-order valence-electron chi connectivity index (χ2n) is 5.92. The van der Waals surface area contributed by atoms with Crippen LogP contribution in [-0.4, -0.2) is 11.7 Å². The summed E-state index contributed by atoms with van der Waals surface area (Å²) in [6.07, 6.45) is 0. The highest BCUT2D eigenvalue weighted by Crippen LogP contribution is 2.57. The molecule has 2 bridgehead atoms. The van der Waals surface area contributed by atoms with E-state index in [1.807, 2.05) is 0 Å². The van der Waals surface area contributed by atoms with Gasteiger partial charge in [0.05, 0.1) is 0 Å². The fourth-order valence-electron chi connectivity index (χ4n) is 4.34. The Hall–Kier alpha value is -1.60. The van der Waals surface area contributed by atoms with Crippen molar-refractivity contribution in [3.05, 3.63) is 70.8 Å². The number of rotatable bonds is 1. The van der Waals surface area contributed by atoms with Gasteiger partial charge >= 0.3 is 0 Å². The molecule has 0 amide bonds. The molecule has 3 aliphatic rings. The zero-order valence-electron chi connectivity index (χ0n) is 11.1. The van der Waals surface area contributed by atoms with Gasteiger partial charge in [-0.3, -0.25) is 0 Å². The number of fused-ring (bicyclic) bond motifs is 1. The van der Waals surface area contributed by atoms with Crippen LogP contribution in [-0.2, 0) is 0 Å². The van der Waals surface area contributed by atoms with Crippen molar-refractivity contribution in [2.24, 2.45) is 11.8 Å². The van der Waals surface area contributed by atoms with E-state index in [0.717, 1.165) is 0 Å². The van der Waals surface area contributed by atoms with Gasteiger partial charge in [0.15, 0.2) is 0 Å². The summed E-state index contributed by atoms with van der Waals surface area (Å²) in [5.74, 6) is 1.70. The highest BCUT2D eigenvalue weighted by atomic mass is 16.3. The van der Waals surface area contributed by atoms with Crippen molar-refractivity contribution < 1.29 is 5.11 Å². The van der Waals surface area contributed by atoms with Crippen LogP contribution in [0.1, 0.15) is 41.0 Å². The normalized spacial score (nSPS) is 30.8. The first kappa shape index (κ1) is 11.2. The first-order valence-electron chi connectivity index (χ1n) is 7.11. The molecule has 3 aliphatic carbocycles. The van der Waals surface area contributed by atoms with E-state index in [-0.39, 0.29) is 6.61 Å². The van der Waals surface area contributed by atoms with E-state index in [2.05, 4.69) is 55.5 Å². The molecule has 0 saturated heterocycles. The second-order valence-corrected chi connectivity index (χ2v) is 5.92. The molecule has 0 aromatic heterocycles. The molecule has 0 fully saturated rings. The van der Waals surface area contributed by atoms with Crippen molar-refractivity contribution >= 4 is 0 Å². The molecule has 0 saturated carbocycles. The third-order valence-corrected chi connectivity index (χ3v) is 5.17. The van der Waals surface area contributed by atoms with E-state index >= 15 is 0 Å². The summed E-state index contributed by atoms with van der Waals surface area (Å²) in [6.45, 7) is 2.58. The van der Waals surface area contributed by atoms with Crippen LogP contribution < -0.4 is 0 Å². The van der Waals surface area contributed by atoms with Crippen LogP contribution in [0.3, 0.4) is 0 Å². The van der Waals surface area contributed by atoms with E-state index in [1.54, 1.807) is 0 Å². The van der Waals surface area contributed by atoms with Gasteiger partial charge in [0.1, 0.15) is 0 Å². The van der Waals surface area contributed by atoms with E-state index < -0.39 is 0 Å². The predicted octanol–water partition coefficient (Wildman–Crippen LogP) is 3.52. The molecule has 0 radical (unpaired) electrons. The van der Waals surface area contributed by atoms with Crippen LogP contribution in [0.2, 0.25) is 0 Å². The number of hydrogen-bond donors (Lipinski definition) is 1. The van der Waals surface area contributed by atoms with Gasteiger partial charge in [-0.05, 0) is 34.1 Å². The molecule has 0 heterocycles. The molecule has 2 aromatic carbocycles. The molecular formula is C18H18O. The number of benzene rings is 2. The third kappa shape index (κ3) is 1.34. The number of hydrogen-bond acceptors (Lipinski definition) is 1. The maximum Gasteiger partial charge on any atom is 0.0471 e. The van der Waals surface area contributed by atoms with Crippen molar-refractivity contribution in [3.8, 4) is 0 Å². The maximum atomic E-state index is 9.83.